The minimum atomic E-state index is 0.300. The molecule has 136 valence electrons. The van der Waals surface area contributed by atoms with Crippen LogP contribution in [-0.2, 0) is 12.8 Å². The summed E-state index contributed by atoms with van der Waals surface area (Å²) in [5, 5.41) is 10.5. The molecule has 1 atom stereocenters. The number of nitriles is 1. The van der Waals surface area contributed by atoms with Crippen LogP contribution in [0.2, 0.25) is 0 Å². The monoisotopic (exact) mass is 366 g/mol. The molecule has 1 aliphatic carbocycles. The lowest BCUT2D eigenvalue weighted by Gasteiger charge is -2.33. The van der Waals surface area contributed by atoms with E-state index in [1.54, 1.807) is 11.3 Å². The van der Waals surface area contributed by atoms with E-state index in [9.17, 15) is 5.26 Å². The van der Waals surface area contributed by atoms with E-state index in [4.69, 9.17) is 4.74 Å². The summed E-state index contributed by atoms with van der Waals surface area (Å²) in [5.74, 6) is 1.49. The van der Waals surface area contributed by atoms with E-state index < -0.39 is 0 Å². The van der Waals surface area contributed by atoms with Gasteiger partial charge in [-0.2, -0.15) is 5.26 Å². The van der Waals surface area contributed by atoms with Crippen molar-refractivity contribution in [2.75, 3.05) is 6.61 Å². The minimum Gasteiger partial charge on any atom is -0.493 e. The van der Waals surface area contributed by atoms with Crippen LogP contribution in [0.15, 0.2) is 29.3 Å². The van der Waals surface area contributed by atoms with E-state index in [0.717, 1.165) is 41.1 Å². The summed E-state index contributed by atoms with van der Waals surface area (Å²) in [6.07, 6.45) is 5.02. The van der Waals surface area contributed by atoms with E-state index >= 15 is 0 Å². The summed E-state index contributed by atoms with van der Waals surface area (Å²) in [6, 6.07) is 10.3. The third-order valence-electron chi connectivity index (χ3n) is 5.12. The maximum atomic E-state index is 9.68. The lowest BCUT2D eigenvalue weighted by Crippen LogP contribution is -2.26. The molecule has 0 amide bonds. The van der Waals surface area contributed by atoms with Gasteiger partial charge in [0.2, 0.25) is 0 Å². The van der Waals surface area contributed by atoms with Crippen molar-refractivity contribution in [2.45, 2.75) is 47.0 Å². The number of nitrogens with zero attached hydrogens (tertiary/aromatic N) is 2. The lowest BCUT2D eigenvalue weighted by molar-refractivity contribution is 0.218. The van der Waals surface area contributed by atoms with Gasteiger partial charge in [0.15, 0.2) is 0 Å². The number of hydrogen-bond donors (Lipinski definition) is 0. The van der Waals surface area contributed by atoms with Crippen molar-refractivity contribution in [1.29, 1.82) is 5.26 Å². The molecule has 2 aromatic rings. The first-order chi connectivity index (χ1) is 12.4. The molecule has 0 unspecified atom stereocenters. The average molecular weight is 367 g/mol. The zero-order chi connectivity index (χ0) is 18.7. The summed E-state index contributed by atoms with van der Waals surface area (Å²) in [5.41, 5.74) is 3.23. The van der Waals surface area contributed by atoms with Gasteiger partial charge < -0.3 is 4.74 Å². The highest BCUT2D eigenvalue weighted by molar-refractivity contribution is 7.16. The summed E-state index contributed by atoms with van der Waals surface area (Å²) in [7, 11) is 0. The van der Waals surface area contributed by atoms with Crippen molar-refractivity contribution < 1.29 is 4.74 Å². The fourth-order valence-corrected chi connectivity index (χ4v) is 4.74. The zero-order valence-corrected chi connectivity index (χ0v) is 16.8. The molecule has 3 nitrogen and oxygen atoms in total. The molecule has 3 rings (SSSR count). The summed E-state index contributed by atoms with van der Waals surface area (Å²) in [6.45, 7) is 9.53. The highest BCUT2D eigenvalue weighted by atomic mass is 32.1. The topological polar surface area (TPSA) is 45.4 Å². The molecule has 1 aromatic carbocycles. The summed E-state index contributed by atoms with van der Waals surface area (Å²) < 4.78 is 5.66. The maximum Gasteiger partial charge on any atom is 0.134 e. The first kappa shape index (κ1) is 18.7. The van der Waals surface area contributed by atoms with Crippen molar-refractivity contribution in [3.05, 3.63) is 45.8 Å². The molecule has 0 bridgehead atoms. The Balaban J connectivity index is 1.91. The molecule has 1 aromatic heterocycles. The number of benzene rings is 1. The first-order valence-electron chi connectivity index (χ1n) is 9.24. The quantitative estimate of drug-likeness (QED) is 0.630. The predicted molar refractivity (Wildman–Crippen MR) is 109 cm³/mol. The number of para-hydroxylation sites is 1. The van der Waals surface area contributed by atoms with Crippen LogP contribution in [0.4, 0.5) is 5.00 Å². The van der Waals surface area contributed by atoms with Crippen molar-refractivity contribution in [1.82, 2.24) is 0 Å². The maximum absolute atomic E-state index is 9.68. The van der Waals surface area contributed by atoms with Crippen LogP contribution in [0.5, 0.6) is 5.75 Å². The Morgan fingerprint density at radius 3 is 2.81 bits per heavy atom. The molecule has 1 heterocycles. The predicted octanol–water partition coefficient (Wildman–Crippen LogP) is 5.92. The second kappa shape index (κ2) is 7.63. The van der Waals surface area contributed by atoms with Crippen LogP contribution >= 0.6 is 11.3 Å². The normalized spacial score (nSPS) is 17.1. The Bertz CT molecular complexity index is 852. The van der Waals surface area contributed by atoms with Crippen molar-refractivity contribution in [2.24, 2.45) is 16.3 Å². The second-order valence-corrected chi connectivity index (χ2v) is 8.91. The molecule has 4 heteroatoms. The fraction of sp³-hybridized carbons (Fsp3) is 0.455. The van der Waals surface area contributed by atoms with E-state index in [2.05, 4.69) is 31.8 Å². The molecule has 0 N–H and O–H groups in total. The molecular formula is C22H26N2OS. The number of thiophene rings is 1. The van der Waals surface area contributed by atoms with Gasteiger partial charge in [0.25, 0.3) is 0 Å². The SMILES string of the molecule is CCOc1ccccc1C=Nc1sc2c(c1C#N)CC[C@H](C(C)(C)C)C2. The molecule has 0 aliphatic heterocycles. The number of fused-ring (bicyclic) bond motifs is 1. The molecular weight excluding hydrogens is 340 g/mol. The second-order valence-electron chi connectivity index (χ2n) is 7.83. The number of aliphatic imine (C=N–C) groups is 1. The number of rotatable bonds is 4. The van der Waals surface area contributed by atoms with E-state index in [1.807, 2.05) is 37.4 Å². The van der Waals surface area contributed by atoms with Crippen molar-refractivity contribution >= 4 is 22.6 Å². The Hall–Kier alpha value is -2.12. The van der Waals surface area contributed by atoms with Gasteiger partial charge in [0.05, 0.1) is 12.2 Å². The van der Waals surface area contributed by atoms with E-state index in [-0.39, 0.29) is 0 Å². The number of hydrogen-bond acceptors (Lipinski definition) is 4. The first-order valence-corrected chi connectivity index (χ1v) is 10.1. The van der Waals surface area contributed by atoms with Gasteiger partial charge in [-0.15, -0.1) is 11.3 Å². The molecule has 0 fully saturated rings. The Kier molecular flexibility index (Phi) is 5.48. The Labute approximate surface area is 160 Å². The van der Waals surface area contributed by atoms with Crippen LogP contribution in [0.1, 0.15) is 55.7 Å². The zero-order valence-electron chi connectivity index (χ0n) is 16.0. The smallest absolute Gasteiger partial charge is 0.134 e. The third-order valence-corrected chi connectivity index (χ3v) is 6.29. The highest BCUT2D eigenvalue weighted by Gasteiger charge is 2.32. The summed E-state index contributed by atoms with van der Waals surface area (Å²) >= 11 is 1.68. The standard InChI is InChI=1S/C22H26N2OS/c1-5-25-19-9-7-6-8-15(19)14-24-21-18(13-23)17-11-10-16(22(2,3)4)12-20(17)26-21/h6-9,14,16H,5,10-12H2,1-4H3/t16-/m0/s1. The third kappa shape index (κ3) is 3.83. The molecule has 0 saturated heterocycles. The van der Waals surface area contributed by atoms with Crippen LogP contribution in [0.25, 0.3) is 0 Å². The van der Waals surface area contributed by atoms with Crippen LogP contribution in [0, 0.1) is 22.7 Å². The summed E-state index contributed by atoms with van der Waals surface area (Å²) in [4.78, 5) is 6.02. The largest absolute Gasteiger partial charge is 0.493 e. The fourth-order valence-electron chi connectivity index (χ4n) is 3.52. The van der Waals surface area contributed by atoms with Gasteiger partial charge in [-0.05, 0) is 55.2 Å². The van der Waals surface area contributed by atoms with Gasteiger partial charge >= 0.3 is 0 Å². The van der Waals surface area contributed by atoms with Gasteiger partial charge in [0.1, 0.15) is 16.8 Å². The number of ether oxygens (including phenoxy) is 1. The van der Waals surface area contributed by atoms with Crippen molar-refractivity contribution in [3.63, 3.8) is 0 Å². The molecule has 1 aliphatic rings. The van der Waals surface area contributed by atoms with Gasteiger partial charge in [-0.1, -0.05) is 32.9 Å². The van der Waals surface area contributed by atoms with Crippen LogP contribution in [0.3, 0.4) is 0 Å². The molecule has 0 spiro atoms. The Morgan fingerprint density at radius 1 is 1.35 bits per heavy atom. The van der Waals surface area contributed by atoms with Gasteiger partial charge in [0, 0.05) is 16.7 Å². The van der Waals surface area contributed by atoms with Crippen LogP contribution in [-0.4, -0.2) is 12.8 Å². The minimum absolute atomic E-state index is 0.300. The van der Waals surface area contributed by atoms with Crippen molar-refractivity contribution in [3.8, 4) is 11.8 Å². The molecule has 26 heavy (non-hydrogen) atoms. The van der Waals surface area contributed by atoms with Gasteiger partial charge in [-0.3, -0.25) is 0 Å². The van der Waals surface area contributed by atoms with E-state index in [1.165, 1.54) is 10.4 Å². The lowest BCUT2D eigenvalue weighted by atomic mass is 9.72. The average Bonchev–Trinajstić information content (AvgIpc) is 2.97. The highest BCUT2D eigenvalue weighted by Crippen LogP contribution is 2.44. The Morgan fingerprint density at radius 2 is 2.12 bits per heavy atom. The molecule has 0 radical (unpaired) electrons. The van der Waals surface area contributed by atoms with E-state index in [0.29, 0.717) is 17.9 Å². The van der Waals surface area contributed by atoms with Crippen LogP contribution < -0.4 is 4.74 Å². The van der Waals surface area contributed by atoms with Gasteiger partial charge in [-0.25, -0.2) is 4.99 Å². The molecule has 0 saturated carbocycles.